The topological polar surface area (TPSA) is 17.1 Å². The third-order valence-corrected chi connectivity index (χ3v) is 4.30. The van der Waals surface area contributed by atoms with E-state index in [4.69, 9.17) is 11.6 Å². The lowest BCUT2D eigenvalue weighted by Crippen LogP contribution is -1.84. The fourth-order valence-electron chi connectivity index (χ4n) is 1.38. The van der Waals surface area contributed by atoms with E-state index in [1.54, 1.807) is 11.3 Å². The number of benzene rings is 1. The normalized spacial score (nSPS) is 10.7. The van der Waals surface area contributed by atoms with E-state index in [0.717, 1.165) is 27.5 Å². The van der Waals surface area contributed by atoms with Crippen LogP contribution in [0.2, 0.25) is 0 Å². The van der Waals surface area contributed by atoms with Crippen molar-refractivity contribution in [2.45, 2.75) is 5.88 Å². The first-order valence-corrected chi connectivity index (χ1v) is 6.41. The summed E-state index contributed by atoms with van der Waals surface area (Å²) in [7, 11) is 0. The van der Waals surface area contributed by atoms with Crippen molar-refractivity contribution in [3.63, 3.8) is 0 Å². The number of fused-ring (bicyclic) bond motifs is 1. The zero-order chi connectivity index (χ0) is 10.1. The van der Waals surface area contributed by atoms with E-state index in [-0.39, 0.29) is 0 Å². The molecule has 0 fully saturated rings. The van der Waals surface area contributed by atoms with Gasteiger partial charge in [0.05, 0.1) is 2.88 Å². The highest BCUT2D eigenvalue weighted by Crippen LogP contribution is 2.32. The maximum absolute atomic E-state index is 10.8. The first-order chi connectivity index (χ1) is 6.76. The van der Waals surface area contributed by atoms with Crippen LogP contribution in [0, 0.1) is 2.88 Å². The van der Waals surface area contributed by atoms with Gasteiger partial charge in [-0.1, -0.05) is 12.1 Å². The van der Waals surface area contributed by atoms with Gasteiger partial charge in [-0.05, 0) is 34.2 Å². The van der Waals surface area contributed by atoms with E-state index in [2.05, 4.69) is 22.6 Å². The third kappa shape index (κ3) is 1.68. The first kappa shape index (κ1) is 10.4. The van der Waals surface area contributed by atoms with Gasteiger partial charge >= 0.3 is 0 Å². The molecule has 0 radical (unpaired) electrons. The predicted molar refractivity (Wildman–Crippen MR) is 69.5 cm³/mol. The fraction of sp³-hybridized carbons (Fsp3) is 0.100. The molecule has 0 saturated carbocycles. The summed E-state index contributed by atoms with van der Waals surface area (Å²) in [5, 5.41) is 1.02. The maximum atomic E-state index is 10.8. The highest BCUT2D eigenvalue weighted by Gasteiger charge is 2.08. The second-order valence-electron chi connectivity index (χ2n) is 2.86. The molecule has 2 aromatic rings. The monoisotopic (exact) mass is 336 g/mol. The quantitative estimate of drug-likeness (QED) is 0.459. The van der Waals surface area contributed by atoms with Gasteiger partial charge in [-0.15, -0.1) is 22.9 Å². The summed E-state index contributed by atoms with van der Waals surface area (Å²) in [6.07, 6.45) is 0.892. The highest BCUT2D eigenvalue weighted by molar-refractivity contribution is 14.1. The van der Waals surface area contributed by atoms with E-state index < -0.39 is 0 Å². The molecule has 0 unspecified atom stereocenters. The van der Waals surface area contributed by atoms with Gasteiger partial charge in [0.15, 0.2) is 6.29 Å². The molecule has 1 nitrogen and oxygen atoms in total. The molecule has 0 saturated heterocycles. The number of hydrogen-bond donors (Lipinski definition) is 0. The minimum atomic E-state index is 0.492. The lowest BCUT2D eigenvalue weighted by Gasteiger charge is -1.99. The van der Waals surface area contributed by atoms with Crippen LogP contribution in [0.3, 0.4) is 0 Å². The van der Waals surface area contributed by atoms with Gasteiger partial charge in [-0.3, -0.25) is 4.79 Å². The molecule has 0 aliphatic rings. The molecule has 2 rings (SSSR count). The number of carbonyl (C=O) groups excluding carboxylic acids is 1. The van der Waals surface area contributed by atoms with E-state index in [0.29, 0.717) is 5.88 Å². The molecule has 72 valence electrons. The molecule has 14 heavy (non-hydrogen) atoms. The average Bonchev–Trinajstić information content (AvgIpc) is 2.57. The van der Waals surface area contributed by atoms with Gasteiger partial charge < -0.3 is 0 Å². The Bertz CT molecular complexity index is 492. The molecular formula is C10H6ClIOS. The standard InChI is InChI=1S/C10H6ClIOS/c11-4-6-1-2-7(5-13)8-3-9(12)14-10(6)8/h1-3,5H,4H2. The number of thiophene rings is 1. The number of aldehydes is 1. The Morgan fingerprint density at radius 1 is 1.50 bits per heavy atom. The summed E-state index contributed by atoms with van der Waals surface area (Å²) in [4.78, 5) is 10.8. The molecular weight excluding hydrogens is 331 g/mol. The molecule has 0 atom stereocenters. The minimum Gasteiger partial charge on any atom is -0.298 e. The summed E-state index contributed by atoms with van der Waals surface area (Å²) >= 11 is 9.76. The summed E-state index contributed by atoms with van der Waals surface area (Å²) < 4.78 is 2.31. The Morgan fingerprint density at radius 3 is 2.93 bits per heavy atom. The molecule has 0 N–H and O–H groups in total. The van der Waals surface area contributed by atoms with Gasteiger partial charge in [-0.2, -0.15) is 0 Å². The van der Waals surface area contributed by atoms with E-state index in [1.165, 1.54) is 2.88 Å². The molecule has 0 amide bonds. The summed E-state index contributed by atoms with van der Waals surface area (Å²) in [6, 6.07) is 5.78. The van der Waals surface area contributed by atoms with Crippen LogP contribution in [-0.4, -0.2) is 6.29 Å². The second kappa shape index (κ2) is 4.16. The largest absolute Gasteiger partial charge is 0.298 e. The molecule has 1 aromatic carbocycles. The van der Waals surface area contributed by atoms with Crippen LogP contribution in [0.25, 0.3) is 10.1 Å². The van der Waals surface area contributed by atoms with E-state index in [9.17, 15) is 4.79 Å². The Morgan fingerprint density at radius 2 is 2.29 bits per heavy atom. The Balaban J connectivity index is 2.83. The minimum absolute atomic E-state index is 0.492. The van der Waals surface area contributed by atoms with Crippen molar-refractivity contribution in [3.8, 4) is 0 Å². The Hall–Kier alpha value is -0.130. The van der Waals surface area contributed by atoms with Gasteiger partial charge in [-0.25, -0.2) is 0 Å². The molecule has 0 aliphatic heterocycles. The van der Waals surface area contributed by atoms with E-state index in [1.807, 2.05) is 18.2 Å². The van der Waals surface area contributed by atoms with Crippen LogP contribution < -0.4 is 0 Å². The van der Waals surface area contributed by atoms with Crippen LogP contribution in [0.5, 0.6) is 0 Å². The lowest BCUT2D eigenvalue weighted by molar-refractivity contribution is 0.112. The van der Waals surface area contributed by atoms with Crippen LogP contribution in [0.4, 0.5) is 0 Å². The predicted octanol–water partition coefficient (Wildman–Crippen LogP) is 4.06. The van der Waals surface area contributed by atoms with Crippen LogP contribution in [0.15, 0.2) is 18.2 Å². The number of alkyl halides is 1. The van der Waals surface area contributed by atoms with Gasteiger partial charge in [0.1, 0.15) is 0 Å². The number of hydrogen-bond acceptors (Lipinski definition) is 2. The number of rotatable bonds is 2. The van der Waals surface area contributed by atoms with Crippen molar-refractivity contribution < 1.29 is 4.79 Å². The Labute approximate surface area is 104 Å². The molecule has 0 spiro atoms. The number of halogens is 2. The molecule has 0 bridgehead atoms. The van der Waals surface area contributed by atoms with Crippen LogP contribution in [0.1, 0.15) is 15.9 Å². The van der Waals surface area contributed by atoms with Crippen molar-refractivity contribution in [3.05, 3.63) is 32.2 Å². The third-order valence-electron chi connectivity index (χ3n) is 2.04. The van der Waals surface area contributed by atoms with Gasteiger partial charge in [0.2, 0.25) is 0 Å². The fourth-order valence-corrected chi connectivity index (χ4v) is 3.58. The Kier molecular flexibility index (Phi) is 3.09. The summed E-state index contributed by atoms with van der Waals surface area (Å²) in [5.41, 5.74) is 1.84. The molecule has 0 aliphatic carbocycles. The lowest BCUT2D eigenvalue weighted by atomic mass is 10.1. The molecule has 1 heterocycles. The molecule has 1 aromatic heterocycles. The van der Waals surface area contributed by atoms with Crippen molar-refractivity contribution in [1.82, 2.24) is 0 Å². The second-order valence-corrected chi connectivity index (χ2v) is 6.07. The summed E-state index contributed by atoms with van der Waals surface area (Å²) in [6.45, 7) is 0. The average molecular weight is 337 g/mol. The van der Waals surface area contributed by atoms with Crippen molar-refractivity contribution in [2.24, 2.45) is 0 Å². The summed E-state index contributed by atoms with van der Waals surface area (Å²) in [5.74, 6) is 0.492. The zero-order valence-electron chi connectivity index (χ0n) is 7.09. The van der Waals surface area contributed by atoms with Crippen molar-refractivity contribution in [2.75, 3.05) is 0 Å². The van der Waals surface area contributed by atoms with Gasteiger partial charge in [0.25, 0.3) is 0 Å². The number of carbonyl (C=O) groups is 1. The molecule has 4 heteroatoms. The zero-order valence-corrected chi connectivity index (χ0v) is 10.8. The van der Waals surface area contributed by atoms with Gasteiger partial charge in [0, 0.05) is 21.5 Å². The van der Waals surface area contributed by atoms with Crippen LogP contribution in [-0.2, 0) is 5.88 Å². The maximum Gasteiger partial charge on any atom is 0.150 e. The van der Waals surface area contributed by atoms with E-state index >= 15 is 0 Å². The van der Waals surface area contributed by atoms with Crippen LogP contribution >= 0.6 is 45.5 Å². The first-order valence-electron chi connectivity index (χ1n) is 3.98. The smallest absolute Gasteiger partial charge is 0.150 e. The highest BCUT2D eigenvalue weighted by atomic mass is 127. The van der Waals surface area contributed by atoms with Crippen molar-refractivity contribution in [1.29, 1.82) is 0 Å². The van der Waals surface area contributed by atoms with Crippen molar-refractivity contribution >= 4 is 61.9 Å². The SMILES string of the molecule is O=Cc1ccc(CCl)c2sc(I)cc12.